The zero-order valence-electron chi connectivity index (χ0n) is 13.7. The first-order chi connectivity index (χ1) is 11.0. The van der Waals surface area contributed by atoms with Crippen LogP contribution >= 0.6 is 0 Å². The molecular weight excluding hydrogens is 294 g/mol. The van der Waals surface area contributed by atoms with Crippen molar-refractivity contribution >= 4 is 17.6 Å². The number of esters is 1. The van der Waals surface area contributed by atoms with Gasteiger partial charge in [-0.15, -0.1) is 0 Å². The molecule has 0 spiro atoms. The fourth-order valence-corrected chi connectivity index (χ4v) is 2.86. The number of methoxy groups -OCH3 is 1. The number of nitrogens with two attached hydrogens (primary N) is 1. The third-order valence-electron chi connectivity index (χ3n) is 4.20. The number of carbonyl (C=O) groups is 2. The molecule has 1 aliphatic rings. The van der Waals surface area contributed by atoms with Crippen LogP contribution in [0.1, 0.15) is 36.9 Å². The summed E-state index contributed by atoms with van der Waals surface area (Å²) in [7, 11) is 1.34. The number of rotatable bonds is 6. The van der Waals surface area contributed by atoms with Crippen molar-refractivity contribution in [3.8, 4) is 0 Å². The minimum absolute atomic E-state index is 0.128. The Morgan fingerprint density at radius 1 is 1.43 bits per heavy atom. The number of hydrogen-bond acceptors (Lipinski definition) is 5. The van der Waals surface area contributed by atoms with Crippen molar-refractivity contribution in [2.45, 2.75) is 32.2 Å². The highest BCUT2D eigenvalue weighted by Gasteiger charge is 2.21. The molecule has 6 heteroatoms. The van der Waals surface area contributed by atoms with E-state index in [4.69, 9.17) is 5.73 Å². The highest BCUT2D eigenvalue weighted by Crippen LogP contribution is 2.30. The van der Waals surface area contributed by atoms with E-state index in [1.165, 1.54) is 18.2 Å². The molecule has 0 aliphatic heterocycles. The average Bonchev–Trinajstić information content (AvgIpc) is 2.56. The number of amides is 1. The molecule has 4 N–H and O–H groups in total. The van der Waals surface area contributed by atoms with Crippen LogP contribution in [0.15, 0.2) is 18.2 Å². The zero-order chi connectivity index (χ0) is 16.8. The Bertz CT molecular complexity index is 574. The van der Waals surface area contributed by atoms with E-state index in [2.05, 4.69) is 21.4 Å². The van der Waals surface area contributed by atoms with Gasteiger partial charge in [0.05, 0.1) is 19.6 Å². The summed E-state index contributed by atoms with van der Waals surface area (Å²) in [4.78, 5) is 23.2. The summed E-state index contributed by atoms with van der Waals surface area (Å²) in [5, 5.41) is 6.03. The van der Waals surface area contributed by atoms with Gasteiger partial charge in [0.1, 0.15) is 0 Å². The Morgan fingerprint density at radius 2 is 2.22 bits per heavy atom. The van der Waals surface area contributed by atoms with E-state index in [0.29, 0.717) is 0 Å². The molecule has 2 rings (SSSR count). The quantitative estimate of drug-likeness (QED) is 0.540. The lowest BCUT2D eigenvalue weighted by atomic mass is 9.87. The Morgan fingerprint density at radius 3 is 2.96 bits per heavy atom. The van der Waals surface area contributed by atoms with Gasteiger partial charge < -0.3 is 21.1 Å². The van der Waals surface area contributed by atoms with E-state index in [0.717, 1.165) is 24.9 Å². The number of aryl methyl sites for hydroxylation is 1. The SMILES string of the molecule is COC(=O)[C@@H](C)CNC(=O)CNC1CCCc2ccc(N)cc21. The first kappa shape index (κ1) is 17.3. The number of nitrogens with one attached hydrogen (secondary N) is 2. The molecule has 0 radical (unpaired) electrons. The van der Waals surface area contributed by atoms with Crippen molar-refractivity contribution in [2.75, 3.05) is 25.9 Å². The van der Waals surface area contributed by atoms with Gasteiger partial charge in [-0.05, 0) is 42.5 Å². The molecule has 0 aromatic heterocycles. The molecule has 1 aliphatic carbocycles. The maximum absolute atomic E-state index is 11.9. The van der Waals surface area contributed by atoms with Crippen molar-refractivity contribution in [1.82, 2.24) is 10.6 Å². The number of carbonyl (C=O) groups excluding carboxylic acids is 2. The van der Waals surface area contributed by atoms with Crippen molar-refractivity contribution in [3.05, 3.63) is 29.3 Å². The molecule has 0 heterocycles. The summed E-state index contributed by atoms with van der Waals surface area (Å²) in [5.74, 6) is -0.800. The lowest BCUT2D eigenvalue weighted by Gasteiger charge is -2.26. The summed E-state index contributed by atoms with van der Waals surface area (Å²) in [6.45, 7) is 2.22. The van der Waals surface area contributed by atoms with Gasteiger partial charge in [-0.3, -0.25) is 9.59 Å². The van der Waals surface area contributed by atoms with Crippen molar-refractivity contribution in [1.29, 1.82) is 0 Å². The van der Waals surface area contributed by atoms with Gasteiger partial charge in [0.2, 0.25) is 5.91 Å². The second-order valence-electron chi connectivity index (χ2n) is 6.01. The van der Waals surface area contributed by atoms with E-state index >= 15 is 0 Å². The highest BCUT2D eigenvalue weighted by molar-refractivity contribution is 5.79. The first-order valence-electron chi connectivity index (χ1n) is 7.97. The summed E-state index contributed by atoms with van der Waals surface area (Å²) >= 11 is 0. The molecule has 0 saturated carbocycles. The second-order valence-corrected chi connectivity index (χ2v) is 6.01. The van der Waals surface area contributed by atoms with Crippen LogP contribution in [0.5, 0.6) is 0 Å². The van der Waals surface area contributed by atoms with Crippen LogP contribution < -0.4 is 16.4 Å². The molecule has 2 atom stereocenters. The lowest BCUT2D eigenvalue weighted by molar-refractivity contribution is -0.144. The van der Waals surface area contributed by atoms with Crippen molar-refractivity contribution < 1.29 is 14.3 Å². The average molecular weight is 319 g/mol. The predicted octanol–water partition coefficient (Wildman–Crippen LogP) is 1.16. The zero-order valence-corrected chi connectivity index (χ0v) is 13.7. The van der Waals surface area contributed by atoms with Crippen LogP contribution in [0.25, 0.3) is 0 Å². The van der Waals surface area contributed by atoms with E-state index in [-0.39, 0.29) is 36.9 Å². The fraction of sp³-hybridized carbons (Fsp3) is 0.529. The molecule has 126 valence electrons. The molecule has 1 amide bonds. The Kier molecular flexibility index (Phi) is 5.98. The minimum Gasteiger partial charge on any atom is -0.469 e. The van der Waals surface area contributed by atoms with Gasteiger partial charge in [0.15, 0.2) is 0 Å². The number of fused-ring (bicyclic) bond motifs is 1. The lowest BCUT2D eigenvalue weighted by Crippen LogP contribution is -2.39. The molecule has 0 bridgehead atoms. The van der Waals surface area contributed by atoms with E-state index < -0.39 is 0 Å². The minimum atomic E-state index is -0.348. The number of hydrogen-bond donors (Lipinski definition) is 3. The summed E-state index contributed by atoms with van der Waals surface area (Å²) in [5.41, 5.74) is 9.10. The normalized spacial score (nSPS) is 17.9. The van der Waals surface area contributed by atoms with Gasteiger partial charge >= 0.3 is 5.97 Å². The number of benzene rings is 1. The summed E-state index contributed by atoms with van der Waals surface area (Å²) < 4.78 is 4.63. The molecule has 1 aromatic carbocycles. The van der Waals surface area contributed by atoms with Gasteiger partial charge in [-0.2, -0.15) is 0 Å². The number of anilines is 1. The van der Waals surface area contributed by atoms with E-state index in [9.17, 15) is 9.59 Å². The maximum atomic E-state index is 11.9. The molecule has 6 nitrogen and oxygen atoms in total. The Hall–Kier alpha value is -2.08. The third-order valence-corrected chi connectivity index (χ3v) is 4.20. The molecule has 1 aromatic rings. The molecule has 23 heavy (non-hydrogen) atoms. The first-order valence-corrected chi connectivity index (χ1v) is 7.97. The smallest absolute Gasteiger partial charge is 0.310 e. The monoisotopic (exact) mass is 319 g/mol. The highest BCUT2D eigenvalue weighted by atomic mass is 16.5. The Balaban J connectivity index is 1.84. The standard InChI is InChI=1S/C17H25N3O3/c1-11(17(22)23-2)9-20-16(21)10-19-15-5-3-4-12-6-7-13(18)8-14(12)15/h6-8,11,15,19H,3-5,9-10,18H2,1-2H3,(H,20,21)/t11-,15?/m0/s1. The third kappa shape index (κ3) is 4.69. The molecular formula is C17H25N3O3. The fourth-order valence-electron chi connectivity index (χ4n) is 2.86. The summed E-state index contributed by atoms with van der Waals surface area (Å²) in [6.07, 6.45) is 3.13. The van der Waals surface area contributed by atoms with Crippen LogP contribution in [0.4, 0.5) is 5.69 Å². The van der Waals surface area contributed by atoms with Gasteiger partial charge in [-0.25, -0.2) is 0 Å². The van der Waals surface area contributed by atoms with Gasteiger partial charge in [0.25, 0.3) is 0 Å². The Labute approximate surface area is 136 Å². The van der Waals surface area contributed by atoms with E-state index in [1.54, 1.807) is 6.92 Å². The van der Waals surface area contributed by atoms with E-state index in [1.807, 2.05) is 12.1 Å². The molecule has 0 saturated heterocycles. The number of ether oxygens (including phenoxy) is 1. The van der Waals surface area contributed by atoms with Crippen LogP contribution in [0.3, 0.4) is 0 Å². The van der Waals surface area contributed by atoms with Gasteiger partial charge in [0, 0.05) is 18.3 Å². The van der Waals surface area contributed by atoms with Crippen LogP contribution in [-0.4, -0.2) is 32.1 Å². The molecule has 1 unspecified atom stereocenters. The largest absolute Gasteiger partial charge is 0.469 e. The second kappa shape index (κ2) is 7.97. The van der Waals surface area contributed by atoms with Gasteiger partial charge in [-0.1, -0.05) is 13.0 Å². The maximum Gasteiger partial charge on any atom is 0.310 e. The van der Waals surface area contributed by atoms with Crippen molar-refractivity contribution in [2.24, 2.45) is 5.92 Å². The number of nitrogen functional groups attached to an aromatic ring is 1. The summed E-state index contributed by atoms with van der Waals surface area (Å²) in [6, 6.07) is 6.12. The topological polar surface area (TPSA) is 93.4 Å². The predicted molar refractivity (Wildman–Crippen MR) is 88.7 cm³/mol. The van der Waals surface area contributed by atoms with Crippen LogP contribution in [0.2, 0.25) is 0 Å². The van der Waals surface area contributed by atoms with Crippen LogP contribution in [-0.2, 0) is 20.7 Å². The van der Waals surface area contributed by atoms with Crippen molar-refractivity contribution in [3.63, 3.8) is 0 Å². The van der Waals surface area contributed by atoms with Crippen LogP contribution in [0, 0.1) is 5.92 Å². The molecule has 0 fully saturated rings.